The van der Waals surface area contributed by atoms with Crippen LogP contribution in [0.3, 0.4) is 0 Å². The predicted molar refractivity (Wildman–Crippen MR) is 86.6 cm³/mol. The Morgan fingerprint density at radius 1 is 1.09 bits per heavy atom. The molecule has 0 unspecified atom stereocenters. The van der Waals surface area contributed by atoms with E-state index >= 15 is 0 Å². The van der Waals surface area contributed by atoms with Crippen molar-refractivity contribution in [1.29, 1.82) is 0 Å². The second-order valence-corrected chi connectivity index (χ2v) is 6.09. The van der Waals surface area contributed by atoms with Crippen LogP contribution in [0.25, 0.3) is 22.6 Å². The van der Waals surface area contributed by atoms with E-state index in [9.17, 15) is 5.11 Å². The van der Waals surface area contributed by atoms with Gasteiger partial charge < -0.3 is 9.52 Å². The van der Waals surface area contributed by atoms with Crippen LogP contribution < -0.4 is 0 Å². The van der Waals surface area contributed by atoms with Crippen LogP contribution >= 0.6 is 0 Å². The number of hydrogen-bond donors (Lipinski definition) is 1. The third-order valence-electron chi connectivity index (χ3n) is 4.59. The molecule has 1 saturated carbocycles. The van der Waals surface area contributed by atoms with Crippen molar-refractivity contribution in [2.75, 3.05) is 0 Å². The Balaban J connectivity index is 1.73. The molecule has 112 valence electrons. The summed E-state index contributed by atoms with van der Waals surface area (Å²) in [5, 5.41) is 9.26. The Morgan fingerprint density at radius 3 is 2.77 bits per heavy atom. The highest BCUT2D eigenvalue weighted by atomic mass is 16.3. The molecule has 1 fully saturated rings. The molecule has 1 N–H and O–H groups in total. The van der Waals surface area contributed by atoms with Crippen LogP contribution in [0.4, 0.5) is 0 Å². The van der Waals surface area contributed by atoms with Crippen molar-refractivity contribution in [1.82, 2.24) is 4.98 Å². The molecule has 1 aromatic heterocycles. The van der Waals surface area contributed by atoms with E-state index in [0.717, 1.165) is 22.2 Å². The molecule has 2 aromatic carbocycles. The maximum absolute atomic E-state index is 9.26. The summed E-state index contributed by atoms with van der Waals surface area (Å²) in [4.78, 5) is 4.64. The monoisotopic (exact) mass is 293 g/mol. The van der Waals surface area contributed by atoms with Gasteiger partial charge in [-0.2, -0.15) is 0 Å². The smallest absolute Gasteiger partial charge is 0.227 e. The highest BCUT2D eigenvalue weighted by Gasteiger charge is 2.18. The fourth-order valence-corrected chi connectivity index (χ4v) is 3.38. The van der Waals surface area contributed by atoms with Gasteiger partial charge in [-0.15, -0.1) is 0 Å². The van der Waals surface area contributed by atoms with Gasteiger partial charge in [0.25, 0.3) is 0 Å². The molecule has 1 aliphatic carbocycles. The van der Waals surface area contributed by atoms with E-state index < -0.39 is 0 Å². The number of nitrogens with zero attached hydrogens (tertiary/aromatic N) is 1. The molecule has 0 aliphatic heterocycles. The Morgan fingerprint density at radius 2 is 1.95 bits per heavy atom. The molecule has 22 heavy (non-hydrogen) atoms. The van der Waals surface area contributed by atoms with Crippen molar-refractivity contribution in [2.45, 2.75) is 38.2 Å². The molecule has 1 heterocycles. The van der Waals surface area contributed by atoms with Crippen molar-refractivity contribution in [3.8, 4) is 11.5 Å². The molecular formula is C19H19NO2. The molecule has 3 aromatic rings. The van der Waals surface area contributed by atoms with E-state index in [1.165, 1.54) is 31.2 Å². The third kappa shape index (κ3) is 2.42. The Hall–Kier alpha value is -2.13. The van der Waals surface area contributed by atoms with Crippen LogP contribution in [-0.2, 0) is 6.61 Å². The molecule has 0 amide bonds. The number of hydrogen-bond acceptors (Lipinski definition) is 3. The maximum Gasteiger partial charge on any atom is 0.227 e. The standard InChI is InChI=1S/C19H19NO2/c21-12-13-4-3-7-16(10-13)19-20-17-11-15(8-9-18(17)22-19)14-5-1-2-6-14/h3-4,7-11,14,21H,1-2,5-6,12H2. The number of benzene rings is 2. The van der Waals surface area contributed by atoms with Gasteiger partial charge in [0.1, 0.15) is 5.52 Å². The van der Waals surface area contributed by atoms with Gasteiger partial charge in [-0.1, -0.05) is 31.0 Å². The second-order valence-electron chi connectivity index (χ2n) is 6.09. The summed E-state index contributed by atoms with van der Waals surface area (Å²) in [5.74, 6) is 1.30. The van der Waals surface area contributed by atoms with Crippen molar-refractivity contribution in [3.05, 3.63) is 53.6 Å². The summed E-state index contributed by atoms with van der Waals surface area (Å²) in [6.07, 6.45) is 5.24. The molecule has 0 saturated heterocycles. The van der Waals surface area contributed by atoms with E-state index in [2.05, 4.69) is 17.1 Å². The molecule has 0 radical (unpaired) electrons. The Kier molecular flexibility index (Phi) is 3.43. The van der Waals surface area contributed by atoms with Gasteiger partial charge in [-0.25, -0.2) is 4.98 Å². The van der Waals surface area contributed by atoms with Gasteiger partial charge in [0.2, 0.25) is 5.89 Å². The lowest BCUT2D eigenvalue weighted by Crippen LogP contribution is -1.91. The maximum atomic E-state index is 9.26. The first-order valence-corrected chi connectivity index (χ1v) is 7.94. The molecule has 3 heteroatoms. The lowest BCUT2D eigenvalue weighted by molar-refractivity contribution is 0.282. The van der Waals surface area contributed by atoms with E-state index in [1.54, 1.807) is 0 Å². The van der Waals surface area contributed by atoms with Gasteiger partial charge >= 0.3 is 0 Å². The van der Waals surface area contributed by atoms with Crippen LogP contribution in [0, 0.1) is 0 Å². The zero-order valence-electron chi connectivity index (χ0n) is 12.5. The topological polar surface area (TPSA) is 46.3 Å². The SMILES string of the molecule is OCc1cccc(-c2nc3cc(C4CCCC4)ccc3o2)c1. The Labute approximate surface area is 129 Å². The van der Waals surface area contributed by atoms with Crippen LogP contribution in [0.5, 0.6) is 0 Å². The van der Waals surface area contributed by atoms with Gasteiger partial charge in [0, 0.05) is 5.56 Å². The third-order valence-corrected chi connectivity index (χ3v) is 4.59. The first-order chi connectivity index (χ1) is 10.8. The second kappa shape index (κ2) is 5.58. The largest absolute Gasteiger partial charge is 0.436 e. The predicted octanol–water partition coefficient (Wildman–Crippen LogP) is 4.64. The fraction of sp³-hybridized carbons (Fsp3) is 0.316. The van der Waals surface area contributed by atoms with Crippen molar-refractivity contribution in [2.24, 2.45) is 0 Å². The number of rotatable bonds is 3. The van der Waals surface area contributed by atoms with E-state index in [-0.39, 0.29) is 6.61 Å². The highest BCUT2D eigenvalue weighted by molar-refractivity contribution is 5.77. The van der Waals surface area contributed by atoms with Gasteiger partial charge in [0.05, 0.1) is 6.61 Å². The molecule has 4 rings (SSSR count). The molecule has 0 atom stereocenters. The van der Waals surface area contributed by atoms with Gasteiger partial charge in [-0.05, 0) is 54.2 Å². The minimum absolute atomic E-state index is 0.0277. The van der Waals surface area contributed by atoms with Crippen LogP contribution in [0.1, 0.15) is 42.7 Å². The van der Waals surface area contributed by atoms with E-state index in [1.807, 2.05) is 30.3 Å². The summed E-state index contributed by atoms with van der Waals surface area (Å²) < 4.78 is 5.88. The normalized spacial score (nSPS) is 15.7. The fourth-order valence-electron chi connectivity index (χ4n) is 3.38. The Bertz CT molecular complexity index is 800. The lowest BCUT2D eigenvalue weighted by atomic mass is 9.97. The minimum Gasteiger partial charge on any atom is -0.436 e. The minimum atomic E-state index is 0.0277. The van der Waals surface area contributed by atoms with Gasteiger partial charge in [0.15, 0.2) is 5.58 Å². The first kappa shape index (κ1) is 13.5. The van der Waals surface area contributed by atoms with Crippen molar-refractivity contribution >= 4 is 11.1 Å². The summed E-state index contributed by atoms with van der Waals surface area (Å²) in [7, 11) is 0. The number of aliphatic hydroxyl groups is 1. The molecular weight excluding hydrogens is 274 g/mol. The van der Waals surface area contributed by atoms with Crippen LogP contribution in [0.2, 0.25) is 0 Å². The van der Waals surface area contributed by atoms with Crippen molar-refractivity contribution in [3.63, 3.8) is 0 Å². The summed E-state index contributed by atoms with van der Waals surface area (Å²) in [6.45, 7) is 0.0277. The number of fused-ring (bicyclic) bond motifs is 1. The molecule has 1 aliphatic rings. The molecule has 0 bridgehead atoms. The van der Waals surface area contributed by atoms with Crippen LogP contribution in [-0.4, -0.2) is 10.1 Å². The number of aromatic nitrogens is 1. The average Bonchev–Trinajstić information content (AvgIpc) is 3.23. The summed E-state index contributed by atoms with van der Waals surface area (Å²) in [6, 6.07) is 14.1. The summed E-state index contributed by atoms with van der Waals surface area (Å²) >= 11 is 0. The van der Waals surface area contributed by atoms with Crippen molar-refractivity contribution < 1.29 is 9.52 Å². The first-order valence-electron chi connectivity index (χ1n) is 7.94. The van der Waals surface area contributed by atoms with E-state index in [0.29, 0.717) is 11.8 Å². The summed E-state index contributed by atoms with van der Waals surface area (Å²) in [5.41, 5.74) is 4.91. The zero-order valence-corrected chi connectivity index (χ0v) is 12.5. The molecule has 0 spiro atoms. The number of oxazole rings is 1. The van der Waals surface area contributed by atoms with Gasteiger partial charge in [-0.3, -0.25) is 0 Å². The highest BCUT2D eigenvalue weighted by Crippen LogP contribution is 2.35. The zero-order chi connectivity index (χ0) is 14.9. The quantitative estimate of drug-likeness (QED) is 0.765. The lowest BCUT2D eigenvalue weighted by Gasteiger charge is -2.07. The van der Waals surface area contributed by atoms with E-state index in [4.69, 9.17) is 4.42 Å². The number of aliphatic hydroxyl groups excluding tert-OH is 1. The van der Waals surface area contributed by atoms with Crippen LogP contribution in [0.15, 0.2) is 46.9 Å². The average molecular weight is 293 g/mol. The molecule has 3 nitrogen and oxygen atoms in total.